The SMILES string of the molecule is C/C(=N\NC(=O)C(=O)Nc1ccc(C(F)(F)F)cc1)c1ccc(C)cc1. The highest BCUT2D eigenvalue weighted by molar-refractivity contribution is 6.39. The molecule has 0 radical (unpaired) electrons. The Bertz CT molecular complexity index is 826. The van der Waals surface area contributed by atoms with Gasteiger partial charge in [-0.25, -0.2) is 5.43 Å². The van der Waals surface area contributed by atoms with E-state index in [0.717, 1.165) is 35.4 Å². The van der Waals surface area contributed by atoms with Gasteiger partial charge in [-0.05, 0) is 43.7 Å². The molecule has 8 heteroatoms. The van der Waals surface area contributed by atoms with Crippen molar-refractivity contribution in [3.8, 4) is 0 Å². The molecule has 0 aliphatic rings. The van der Waals surface area contributed by atoms with Gasteiger partial charge in [0.15, 0.2) is 0 Å². The van der Waals surface area contributed by atoms with E-state index in [1.807, 2.05) is 31.2 Å². The van der Waals surface area contributed by atoms with Crippen LogP contribution in [0, 0.1) is 6.92 Å². The molecule has 0 spiro atoms. The van der Waals surface area contributed by atoms with Crippen LogP contribution in [0.5, 0.6) is 0 Å². The molecule has 2 aromatic carbocycles. The average Bonchev–Trinajstić information content (AvgIpc) is 2.59. The maximum absolute atomic E-state index is 12.5. The van der Waals surface area contributed by atoms with Crippen LogP contribution in [0.2, 0.25) is 0 Å². The van der Waals surface area contributed by atoms with Crippen LogP contribution >= 0.6 is 0 Å². The van der Waals surface area contributed by atoms with Gasteiger partial charge in [0.1, 0.15) is 0 Å². The van der Waals surface area contributed by atoms with Crippen molar-refractivity contribution in [2.24, 2.45) is 5.10 Å². The van der Waals surface area contributed by atoms with E-state index < -0.39 is 23.6 Å². The van der Waals surface area contributed by atoms with Crippen molar-refractivity contribution in [1.82, 2.24) is 5.43 Å². The molecule has 0 unspecified atom stereocenters. The molecule has 0 bridgehead atoms. The van der Waals surface area contributed by atoms with E-state index in [1.165, 1.54) is 0 Å². The number of carbonyl (C=O) groups excluding carboxylic acids is 2. The zero-order chi connectivity index (χ0) is 19.3. The van der Waals surface area contributed by atoms with Crippen LogP contribution in [0.3, 0.4) is 0 Å². The molecule has 0 fully saturated rings. The van der Waals surface area contributed by atoms with Crippen molar-refractivity contribution >= 4 is 23.2 Å². The van der Waals surface area contributed by atoms with Crippen molar-refractivity contribution in [2.45, 2.75) is 20.0 Å². The minimum atomic E-state index is -4.47. The first-order valence-electron chi connectivity index (χ1n) is 7.57. The summed E-state index contributed by atoms with van der Waals surface area (Å²) in [6.45, 7) is 3.60. The Morgan fingerprint density at radius 1 is 0.923 bits per heavy atom. The van der Waals surface area contributed by atoms with Gasteiger partial charge in [-0.2, -0.15) is 18.3 Å². The van der Waals surface area contributed by atoms with Gasteiger partial charge >= 0.3 is 18.0 Å². The zero-order valence-corrected chi connectivity index (χ0v) is 14.0. The molecule has 2 rings (SSSR count). The van der Waals surface area contributed by atoms with Gasteiger partial charge in [0.2, 0.25) is 0 Å². The Balaban J connectivity index is 1.96. The summed E-state index contributed by atoms with van der Waals surface area (Å²) in [4.78, 5) is 23.5. The van der Waals surface area contributed by atoms with Crippen molar-refractivity contribution in [1.29, 1.82) is 0 Å². The van der Waals surface area contributed by atoms with Gasteiger partial charge in [0.05, 0.1) is 11.3 Å². The van der Waals surface area contributed by atoms with Gasteiger partial charge in [0, 0.05) is 5.69 Å². The predicted octanol–water partition coefficient (Wildman–Crippen LogP) is 3.49. The van der Waals surface area contributed by atoms with E-state index in [0.29, 0.717) is 5.71 Å². The smallest absolute Gasteiger partial charge is 0.318 e. The quantitative estimate of drug-likeness (QED) is 0.498. The monoisotopic (exact) mass is 363 g/mol. The number of aryl methyl sites for hydroxylation is 1. The van der Waals surface area contributed by atoms with Crippen molar-refractivity contribution in [2.75, 3.05) is 5.32 Å². The van der Waals surface area contributed by atoms with Crippen LogP contribution in [0.25, 0.3) is 0 Å². The highest BCUT2D eigenvalue weighted by Gasteiger charge is 2.30. The van der Waals surface area contributed by atoms with E-state index in [4.69, 9.17) is 0 Å². The van der Waals surface area contributed by atoms with Gasteiger partial charge in [-0.3, -0.25) is 9.59 Å². The molecule has 0 atom stereocenters. The molecule has 2 N–H and O–H groups in total. The first-order valence-corrected chi connectivity index (χ1v) is 7.57. The third-order valence-corrected chi connectivity index (χ3v) is 3.47. The maximum Gasteiger partial charge on any atom is 0.416 e. The lowest BCUT2D eigenvalue weighted by molar-refractivity contribution is -0.137. The number of nitrogens with one attached hydrogen (secondary N) is 2. The third kappa shape index (κ3) is 5.17. The number of hydrazone groups is 1. The second-order valence-electron chi connectivity index (χ2n) is 5.53. The zero-order valence-electron chi connectivity index (χ0n) is 14.0. The van der Waals surface area contributed by atoms with Crippen molar-refractivity contribution in [3.05, 3.63) is 65.2 Å². The van der Waals surface area contributed by atoms with E-state index in [1.54, 1.807) is 6.92 Å². The molecule has 0 saturated carbocycles. The Hall–Kier alpha value is -3.16. The Labute approximate surface area is 147 Å². The molecule has 26 heavy (non-hydrogen) atoms. The number of rotatable bonds is 3. The summed E-state index contributed by atoms with van der Waals surface area (Å²) in [5.41, 5.74) is 3.67. The average molecular weight is 363 g/mol. The van der Waals surface area contributed by atoms with Crippen LogP contribution in [0.4, 0.5) is 18.9 Å². The maximum atomic E-state index is 12.5. The van der Waals surface area contributed by atoms with Gasteiger partial charge < -0.3 is 5.32 Å². The number of benzene rings is 2. The lowest BCUT2D eigenvalue weighted by Gasteiger charge is -2.08. The van der Waals surface area contributed by atoms with E-state index in [-0.39, 0.29) is 5.69 Å². The summed E-state index contributed by atoms with van der Waals surface area (Å²) in [6, 6.07) is 11.2. The Morgan fingerprint density at radius 3 is 2.04 bits per heavy atom. The fourth-order valence-electron chi connectivity index (χ4n) is 1.98. The standard InChI is InChI=1S/C18H16F3N3O2/c1-11-3-5-13(6-4-11)12(2)23-24-17(26)16(25)22-15-9-7-14(8-10-15)18(19,20)21/h3-10H,1-2H3,(H,22,25)(H,24,26)/b23-12+. The predicted molar refractivity (Wildman–Crippen MR) is 91.6 cm³/mol. The molecule has 2 aromatic rings. The number of amides is 2. The second kappa shape index (κ2) is 7.81. The number of nitrogens with zero attached hydrogens (tertiary/aromatic N) is 1. The largest absolute Gasteiger partial charge is 0.416 e. The number of carbonyl (C=O) groups is 2. The van der Waals surface area contributed by atoms with Crippen molar-refractivity contribution in [3.63, 3.8) is 0 Å². The fraction of sp³-hybridized carbons (Fsp3) is 0.167. The van der Waals surface area contributed by atoms with Crippen LogP contribution < -0.4 is 10.7 Å². The Morgan fingerprint density at radius 2 is 1.50 bits per heavy atom. The lowest BCUT2D eigenvalue weighted by Crippen LogP contribution is -2.33. The van der Waals surface area contributed by atoms with Crippen LogP contribution in [-0.2, 0) is 15.8 Å². The van der Waals surface area contributed by atoms with Gasteiger partial charge in [-0.1, -0.05) is 29.8 Å². The second-order valence-corrected chi connectivity index (χ2v) is 5.53. The van der Waals surface area contributed by atoms with E-state index in [9.17, 15) is 22.8 Å². The summed E-state index contributed by atoms with van der Waals surface area (Å²) >= 11 is 0. The number of hydrogen-bond acceptors (Lipinski definition) is 3. The molecule has 0 aliphatic carbocycles. The molecule has 0 saturated heterocycles. The van der Waals surface area contributed by atoms with Crippen LogP contribution in [0.15, 0.2) is 53.6 Å². The van der Waals surface area contributed by atoms with E-state index in [2.05, 4.69) is 15.8 Å². The molecular weight excluding hydrogens is 347 g/mol. The van der Waals surface area contributed by atoms with Gasteiger partial charge in [-0.15, -0.1) is 0 Å². The molecular formula is C18H16F3N3O2. The van der Waals surface area contributed by atoms with Crippen LogP contribution in [0.1, 0.15) is 23.6 Å². The molecule has 0 aromatic heterocycles. The normalized spacial score (nSPS) is 11.8. The molecule has 0 heterocycles. The number of anilines is 1. The van der Waals surface area contributed by atoms with Crippen LogP contribution in [-0.4, -0.2) is 17.5 Å². The van der Waals surface area contributed by atoms with Crippen molar-refractivity contribution < 1.29 is 22.8 Å². The molecule has 136 valence electrons. The van der Waals surface area contributed by atoms with E-state index >= 15 is 0 Å². The molecule has 0 aliphatic heterocycles. The summed E-state index contributed by atoms with van der Waals surface area (Å²) in [5.74, 6) is -2.07. The minimum absolute atomic E-state index is 0.0670. The first-order chi connectivity index (χ1) is 12.2. The third-order valence-electron chi connectivity index (χ3n) is 3.47. The minimum Gasteiger partial charge on any atom is -0.318 e. The fourth-order valence-corrected chi connectivity index (χ4v) is 1.98. The number of hydrogen-bond donors (Lipinski definition) is 2. The van der Waals surface area contributed by atoms with Gasteiger partial charge in [0.25, 0.3) is 0 Å². The first kappa shape index (κ1) is 19.2. The summed E-state index contributed by atoms with van der Waals surface area (Å²) < 4.78 is 37.4. The highest BCUT2D eigenvalue weighted by atomic mass is 19.4. The highest BCUT2D eigenvalue weighted by Crippen LogP contribution is 2.29. The summed E-state index contributed by atoms with van der Waals surface area (Å²) in [6.07, 6.45) is -4.47. The number of alkyl halides is 3. The lowest BCUT2D eigenvalue weighted by atomic mass is 10.1. The molecule has 2 amide bonds. The summed E-state index contributed by atoms with van der Waals surface area (Å²) in [5, 5.41) is 6.04. The molecule has 5 nitrogen and oxygen atoms in total. The number of halogens is 3. The summed E-state index contributed by atoms with van der Waals surface area (Å²) in [7, 11) is 0. The topological polar surface area (TPSA) is 70.6 Å². The Kier molecular flexibility index (Phi) is 5.76.